The number of methoxy groups -OCH3 is 1. The lowest BCUT2D eigenvalue weighted by Gasteiger charge is -2.61. The van der Waals surface area contributed by atoms with Crippen molar-refractivity contribution in [1.29, 1.82) is 0 Å². The molecule has 0 N–H and O–H groups in total. The molecule has 4 rings (SSSR count). The number of ether oxygens (including phenoxy) is 1. The van der Waals surface area contributed by atoms with Crippen molar-refractivity contribution < 1.29 is 4.74 Å². The third-order valence-corrected chi connectivity index (χ3v) is 8.74. The Morgan fingerprint density at radius 1 is 0.810 bits per heavy atom. The number of fused-ring (bicyclic) bond motifs is 5. The van der Waals surface area contributed by atoms with Gasteiger partial charge in [-0.25, -0.2) is 0 Å². The van der Waals surface area contributed by atoms with Crippen LogP contribution in [0.2, 0.25) is 0 Å². The molecule has 0 radical (unpaired) electrons. The molecule has 0 aromatic heterocycles. The van der Waals surface area contributed by atoms with E-state index in [9.17, 15) is 0 Å². The maximum absolute atomic E-state index is 6.05. The van der Waals surface area contributed by atoms with Gasteiger partial charge in [-0.15, -0.1) is 0 Å². The van der Waals surface area contributed by atoms with E-state index in [-0.39, 0.29) is 0 Å². The van der Waals surface area contributed by atoms with Crippen molar-refractivity contribution >= 4 is 0 Å². The van der Waals surface area contributed by atoms with Crippen molar-refractivity contribution in [3.8, 4) is 0 Å². The summed E-state index contributed by atoms with van der Waals surface area (Å²) in [5, 5.41) is 0. The highest BCUT2D eigenvalue weighted by Gasteiger charge is 2.59. The Morgan fingerprint density at radius 3 is 2.48 bits per heavy atom. The molecular formula is C20H34O. The highest BCUT2D eigenvalue weighted by molar-refractivity contribution is 5.09. The van der Waals surface area contributed by atoms with E-state index in [2.05, 4.69) is 13.8 Å². The fraction of sp³-hybridized carbons (Fsp3) is 1.00. The predicted octanol–water partition coefficient (Wildman–Crippen LogP) is 5.43. The molecule has 0 aliphatic heterocycles. The lowest BCUT2D eigenvalue weighted by atomic mass is 9.44. The SMILES string of the molecule is COC1CCC[C@H]2CC[C@H]3[C@@H]4CCC[C@@]4(C)CC[C@@H]3[C@@]12C. The first-order valence-corrected chi connectivity index (χ1v) is 9.62. The maximum atomic E-state index is 6.05. The largest absolute Gasteiger partial charge is 0.381 e. The first kappa shape index (κ1) is 14.5. The molecule has 4 aliphatic carbocycles. The lowest BCUT2D eigenvalue weighted by Crippen LogP contribution is -2.57. The molecule has 1 unspecified atom stereocenters. The van der Waals surface area contributed by atoms with E-state index in [4.69, 9.17) is 4.74 Å². The molecule has 21 heavy (non-hydrogen) atoms. The Hall–Kier alpha value is -0.0400. The molecule has 4 aliphatic rings. The Morgan fingerprint density at radius 2 is 1.67 bits per heavy atom. The second-order valence-electron chi connectivity index (χ2n) is 9.26. The minimum absolute atomic E-state index is 0.486. The van der Waals surface area contributed by atoms with Crippen molar-refractivity contribution in [3.05, 3.63) is 0 Å². The average Bonchev–Trinajstić information content (AvgIpc) is 2.88. The van der Waals surface area contributed by atoms with Gasteiger partial charge in [-0.1, -0.05) is 26.7 Å². The molecule has 4 fully saturated rings. The molecule has 0 spiro atoms. The van der Waals surface area contributed by atoms with E-state index in [1.165, 1.54) is 64.2 Å². The summed E-state index contributed by atoms with van der Waals surface area (Å²) in [5.41, 5.74) is 1.18. The Balaban J connectivity index is 1.67. The summed E-state index contributed by atoms with van der Waals surface area (Å²) < 4.78 is 6.05. The number of hydrogen-bond acceptors (Lipinski definition) is 1. The summed E-state index contributed by atoms with van der Waals surface area (Å²) in [7, 11) is 1.98. The quantitative estimate of drug-likeness (QED) is 0.625. The van der Waals surface area contributed by atoms with Crippen LogP contribution in [0.15, 0.2) is 0 Å². The summed E-state index contributed by atoms with van der Waals surface area (Å²) in [6, 6.07) is 0. The van der Waals surface area contributed by atoms with Gasteiger partial charge in [0.25, 0.3) is 0 Å². The van der Waals surface area contributed by atoms with Crippen LogP contribution >= 0.6 is 0 Å². The van der Waals surface area contributed by atoms with Gasteiger partial charge in [-0.05, 0) is 85.9 Å². The summed E-state index contributed by atoms with van der Waals surface area (Å²) >= 11 is 0. The van der Waals surface area contributed by atoms with E-state index < -0.39 is 0 Å². The minimum Gasteiger partial charge on any atom is -0.381 e. The monoisotopic (exact) mass is 290 g/mol. The second-order valence-corrected chi connectivity index (χ2v) is 9.26. The zero-order chi connectivity index (χ0) is 14.7. The van der Waals surface area contributed by atoms with E-state index in [0.717, 1.165) is 23.7 Å². The minimum atomic E-state index is 0.486. The van der Waals surface area contributed by atoms with Gasteiger partial charge < -0.3 is 4.74 Å². The molecule has 1 heteroatoms. The number of hydrogen-bond donors (Lipinski definition) is 0. The van der Waals surface area contributed by atoms with E-state index in [1.54, 1.807) is 0 Å². The van der Waals surface area contributed by atoms with Gasteiger partial charge in [0.15, 0.2) is 0 Å². The Kier molecular flexibility index (Phi) is 3.45. The topological polar surface area (TPSA) is 9.23 Å². The number of rotatable bonds is 1. The van der Waals surface area contributed by atoms with Gasteiger partial charge in [-0.2, -0.15) is 0 Å². The normalized spacial score (nSPS) is 56.4. The molecule has 0 aromatic rings. The molecule has 0 heterocycles. The van der Waals surface area contributed by atoms with Crippen LogP contribution in [0.3, 0.4) is 0 Å². The van der Waals surface area contributed by atoms with Crippen LogP contribution in [0.25, 0.3) is 0 Å². The summed E-state index contributed by atoms with van der Waals surface area (Å²) in [5.74, 6) is 3.96. The summed E-state index contributed by atoms with van der Waals surface area (Å²) in [6.45, 7) is 5.24. The predicted molar refractivity (Wildman–Crippen MR) is 87.1 cm³/mol. The molecule has 7 atom stereocenters. The van der Waals surface area contributed by atoms with Crippen LogP contribution < -0.4 is 0 Å². The second kappa shape index (κ2) is 4.98. The lowest BCUT2D eigenvalue weighted by molar-refractivity contribution is -0.168. The van der Waals surface area contributed by atoms with Crippen molar-refractivity contribution in [2.24, 2.45) is 34.5 Å². The Labute approximate surface area is 131 Å². The highest BCUT2D eigenvalue weighted by atomic mass is 16.5. The van der Waals surface area contributed by atoms with Crippen LogP contribution in [0.1, 0.15) is 78.1 Å². The Bertz CT molecular complexity index is 397. The molecule has 0 saturated heterocycles. The maximum Gasteiger partial charge on any atom is 0.0630 e. The fourth-order valence-corrected chi connectivity index (χ4v) is 7.65. The van der Waals surface area contributed by atoms with Crippen LogP contribution in [-0.2, 0) is 4.74 Å². The smallest absolute Gasteiger partial charge is 0.0630 e. The molecule has 0 bridgehead atoms. The first-order chi connectivity index (χ1) is 10.1. The zero-order valence-electron chi connectivity index (χ0n) is 14.4. The molecule has 0 amide bonds. The first-order valence-electron chi connectivity index (χ1n) is 9.62. The van der Waals surface area contributed by atoms with Gasteiger partial charge in [0, 0.05) is 7.11 Å². The van der Waals surface area contributed by atoms with Gasteiger partial charge in [0.1, 0.15) is 0 Å². The molecular weight excluding hydrogens is 256 g/mol. The van der Waals surface area contributed by atoms with Gasteiger partial charge >= 0.3 is 0 Å². The van der Waals surface area contributed by atoms with E-state index >= 15 is 0 Å². The van der Waals surface area contributed by atoms with E-state index in [1.807, 2.05) is 7.11 Å². The standard InChI is InChI=1S/C20H34O/c1-19-12-5-7-16(19)15-10-9-14-6-4-8-18(21-3)20(14,2)17(15)11-13-19/h14-18H,4-13H2,1-3H3/t14-,15-,16-,17-,18?,19-,20-/m0/s1. The third-order valence-electron chi connectivity index (χ3n) is 8.74. The van der Waals surface area contributed by atoms with Crippen LogP contribution in [-0.4, -0.2) is 13.2 Å². The highest BCUT2D eigenvalue weighted by Crippen LogP contribution is 2.66. The van der Waals surface area contributed by atoms with Crippen molar-refractivity contribution in [3.63, 3.8) is 0 Å². The third kappa shape index (κ3) is 1.92. The summed E-state index contributed by atoms with van der Waals surface area (Å²) in [4.78, 5) is 0. The zero-order valence-corrected chi connectivity index (χ0v) is 14.4. The summed E-state index contributed by atoms with van der Waals surface area (Å²) in [6.07, 6.45) is 15.3. The van der Waals surface area contributed by atoms with Crippen LogP contribution in [0.4, 0.5) is 0 Å². The van der Waals surface area contributed by atoms with Crippen LogP contribution in [0, 0.1) is 34.5 Å². The average molecular weight is 290 g/mol. The fourth-order valence-electron chi connectivity index (χ4n) is 7.65. The van der Waals surface area contributed by atoms with Crippen molar-refractivity contribution in [2.75, 3.05) is 7.11 Å². The molecule has 1 nitrogen and oxygen atoms in total. The van der Waals surface area contributed by atoms with Gasteiger partial charge in [-0.3, -0.25) is 0 Å². The van der Waals surface area contributed by atoms with Crippen LogP contribution in [0.5, 0.6) is 0 Å². The van der Waals surface area contributed by atoms with Gasteiger partial charge in [0.2, 0.25) is 0 Å². The molecule has 0 aromatic carbocycles. The molecule has 120 valence electrons. The van der Waals surface area contributed by atoms with Crippen molar-refractivity contribution in [1.82, 2.24) is 0 Å². The van der Waals surface area contributed by atoms with E-state index in [0.29, 0.717) is 16.9 Å². The van der Waals surface area contributed by atoms with Gasteiger partial charge in [0.05, 0.1) is 6.10 Å². The van der Waals surface area contributed by atoms with Crippen molar-refractivity contribution in [2.45, 2.75) is 84.2 Å². The molecule has 4 saturated carbocycles.